The zero-order valence-corrected chi connectivity index (χ0v) is 23.1. The number of allylic oxidation sites excluding steroid dienone is 4. The molecule has 8 nitrogen and oxygen atoms in total. The van der Waals surface area contributed by atoms with Crippen molar-refractivity contribution in [1.29, 1.82) is 0 Å². The highest BCUT2D eigenvalue weighted by molar-refractivity contribution is 6.09. The molecule has 0 atom stereocenters. The summed E-state index contributed by atoms with van der Waals surface area (Å²) >= 11 is 0. The molecule has 0 radical (unpaired) electrons. The van der Waals surface area contributed by atoms with Gasteiger partial charge in [0.2, 0.25) is 0 Å². The number of aromatic nitrogens is 2. The van der Waals surface area contributed by atoms with E-state index in [2.05, 4.69) is 70.9 Å². The first-order chi connectivity index (χ1) is 19.1. The highest BCUT2D eigenvalue weighted by atomic mass is 16.5. The van der Waals surface area contributed by atoms with Crippen LogP contribution in [-0.2, 0) is 6.54 Å². The lowest BCUT2D eigenvalue weighted by Gasteiger charge is -2.24. The Labute approximate surface area is 231 Å². The second-order valence-corrected chi connectivity index (χ2v) is 9.64. The number of benzene rings is 1. The van der Waals surface area contributed by atoms with Crippen molar-refractivity contribution < 1.29 is 4.74 Å². The fourth-order valence-corrected chi connectivity index (χ4v) is 4.13. The van der Waals surface area contributed by atoms with Crippen molar-refractivity contribution in [3.05, 3.63) is 95.9 Å². The molecule has 1 aliphatic heterocycles. The third-order valence-corrected chi connectivity index (χ3v) is 6.61. The lowest BCUT2D eigenvalue weighted by Crippen LogP contribution is -2.43. The Kier molecular flexibility index (Phi) is 10.1. The van der Waals surface area contributed by atoms with Gasteiger partial charge in [-0.2, -0.15) is 0 Å². The summed E-state index contributed by atoms with van der Waals surface area (Å²) in [6.45, 7) is 7.83. The number of nitrogens with zero attached hydrogens (tertiary/aromatic N) is 4. The molecule has 4 rings (SSSR count). The minimum absolute atomic E-state index is 0.638. The standard InChI is InChI=1S/C31H39N7O/c1-4-5-6-12-35-29(30-22-37-31-15-28(39-3)11-13-38(30)31)14-23(2)36-20-24-7-9-26(10-8-24)27(16-32)21-34-19-25-17-33-18-25/h6-16,21-22,25,33,36H,4-5,17-20,32H2,1-3H3/b12-6+,23-14+,27-16+,34-21?,35-29-. The first-order valence-corrected chi connectivity index (χ1v) is 13.5. The van der Waals surface area contributed by atoms with Crippen LogP contribution in [0.3, 0.4) is 0 Å². The van der Waals surface area contributed by atoms with Crippen molar-refractivity contribution in [2.75, 3.05) is 26.7 Å². The van der Waals surface area contributed by atoms with Crippen LogP contribution in [-0.4, -0.2) is 48.1 Å². The highest BCUT2D eigenvalue weighted by Crippen LogP contribution is 2.17. The van der Waals surface area contributed by atoms with E-state index in [0.29, 0.717) is 12.5 Å². The van der Waals surface area contributed by atoms with Crippen molar-refractivity contribution >= 4 is 23.1 Å². The minimum atomic E-state index is 0.638. The molecule has 39 heavy (non-hydrogen) atoms. The molecule has 1 aromatic carbocycles. The quantitative estimate of drug-likeness (QED) is 0.280. The molecule has 0 spiro atoms. The third kappa shape index (κ3) is 7.67. The Balaban J connectivity index is 1.44. The van der Waals surface area contributed by atoms with Crippen molar-refractivity contribution in [2.24, 2.45) is 21.6 Å². The average Bonchev–Trinajstić information content (AvgIpc) is 3.36. The largest absolute Gasteiger partial charge is 0.497 e. The number of methoxy groups -OCH3 is 1. The van der Waals surface area contributed by atoms with E-state index in [1.165, 1.54) is 5.56 Å². The molecule has 8 heteroatoms. The predicted octanol–water partition coefficient (Wildman–Crippen LogP) is 4.73. The maximum absolute atomic E-state index is 5.88. The van der Waals surface area contributed by atoms with Gasteiger partial charge in [-0.15, -0.1) is 0 Å². The number of nitrogens with two attached hydrogens (primary N) is 1. The van der Waals surface area contributed by atoms with Crippen LogP contribution in [0.15, 0.2) is 89.0 Å². The van der Waals surface area contributed by atoms with Crippen LogP contribution in [0.4, 0.5) is 0 Å². The van der Waals surface area contributed by atoms with Gasteiger partial charge in [0.25, 0.3) is 0 Å². The predicted molar refractivity (Wildman–Crippen MR) is 161 cm³/mol. The van der Waals surface area contributed by atoms with Gasteiger partial charge in [-0.3, -0.25) is 14.4 Å². The minimum Gasteiger partial charge on any atom is -0.497 e. The molecule has 0 unspecified atom stereocenters. The number of aliphatic imine (C=N–C) groups is 2. The zero-order valence-electron chi connectivity index (χ0n) is 23.1. The zero-order chi connectivity index (χ0) is 27.5. The Morgan fingerprint density at radius 3 is 2.77 bits per heavy atom. The van der Waals surface area contributed by atoms with E-state index in [4.69, 9.17) is 15.5 Å². The number of fused-ring (bicyclic) bond motifs is 1. The van der Waals surface area contributed by atoms with E-state index >= 15 is 0 Å². The van der Waals surface area contributed by atoms with Crippen LogP contribution < -0.4 is 21.1 Å². The Morgan fingerprint density at radius 2 is 2.08 bits per heavy atom. The number of nitrogens with one attached hydrogen (secondary N) is 2. The molecule has 0 aliphatic carbocycles. The summed E-state index contributed by atoms with van der Waals surface area (Å²) < 4.78 is 7.37. The lowest BCUT2D eigenvalue weighted by molar-refractivity contribution is 0.358. The van der Waals surface area contributed by atoms with E-state index in [-0.39, 0.29) is 0 Å². The number of hydrogen-bond donors (Lipinski definition) is 3. The summed E-state index contributed by atoms with van der Waals surface area (Å²) in [5, 5.41) is 6.79. The normalized spacial score (nSPS) is 15.4. The van der Waals surface area contributed by atoms with Crippen LogP contribution >= 0.6 is 0 Å². The van der Waals surface area contributed by atoms with Gasteiger partial charge < -0.3 is 21.1 Å². The number of unbranched alkanes of at least 4 members (excludes halogenated alkanes) is 1. The van der Waals surface area contributed by atoms with Gasteiger partial charge in [-0.25, -0.2) is 4.98 Å². The summed E-state index contributed by atoms with van der Waals surface area (Å²) in [4.78, 5) is 13.9. The SMILES string of the molecule is CCC/C=C/N=C(/C=C(\C)NCc1ccc(/C(C=NCC2CNC2)=C/N)cc1)c1cnc2cc(OC)ccn12. The van der Waals surface area contributed by atoms with Crippen molar-refractivity contribution in [2.45, 2.75) is 33.2 Å². The van der Waals surface area contributed by atoms with Gasteiger partial charge in [0.05, 0.1) is 24.7 Å². The molecule has 0 amide bonds. The summed E-state index contributed by atoms with van der Waals surface area (Å²) in [6.07, 6.45) is 15.4. The van der Waals surface area contributed by atoms with Gasteiger partial charge >= 0.3 is 0 Å². The molecule has 4 N–H and O–H groups in total. The average molecular weight is 526 g/mol. The molecular formula is C31H39N7O. The molecule has 0 bridgehead atoms. The van der Waals surface area contributed by atoms with Crippen LogP contribution in [0.5, 0.6) is 5.75 Å². The summed E-state index contributed by atoms with van der Waals surface area (Å²) in [7, 11) is 1.66. The maximum atomic E-state index is 5.88. The van der Waals surface area contributed by atoms with E-state index in [0.717, 1.165) is 72.1 Å². The van der Waals surface area contributed by atoms with Crippen LogP contribution in [0.2, 0.25) is 0 Å². The van der Waals surface area contributed by atoms with Crippen molar-refractivity contribution in [3.8, 4) is 5.75 Å². The van der Waals surface area contributed by atoms with Gasteiger partial charge in [-0.1, -0.05) is 43.7 Å². The smallest absolute Gasteiger partial charge is 0.140 e. The van der Waals surface area contributed by atoms with E-state index < -0.39 is 0 Å². The number of imidazole rings is 1. The van der Waals surface area contributed by atoms with E-state index in [9.17, 15) is 0 Å². The second-order valence-electron chi connectivity index (χ2n) is 9.64. The second kappa shape index (κ2) is 14.1. The highest BCUT2D eigenvalue weighted by Gasteiger charge is 2.15. The van der Waals surface area contributed by atoms with E-state index in [1.807, 2.05) is 41.3 Å². The molecule has 3 heterocycles. The van der Waals surface area contributed by atoms with Gasteiger partial charge in [-0.05, 0) is 36.6 Å². The maximum Gasteiger partial charge on any atom is 0.140 e. The molecule has 0 saturated carbocycles. The first kappa shape index (κ1) is 27.9. The monoisotopic (exact) mass is 525 g/mol. The van der Waals surface area contributed by atoms with Crippen LogP contribution in [0, 0.1) is 5.92 Å². The number of rotatable bonds is 13. The molecule has 1 aliphatic rings. The summed E-state index contributed by atoms with van der Waals surface area (Å²) in [6, 6.07) is 12.2. The molecule has 204 valence electrons. The number of ether oxygens (including phenoxy) is 1. The molecular weight excluding hydrogens is 486 g/mol. The molecule has 3 aromatic rings. The summed E-state index contributed by atoms with van der Waals surface area (Å²) in [5.41, 5.74) is 12.6. The summed E-state index contributed by atoms with van der Waals surface area (Å²) in [5.74, 6) is 1.41. The Morgan fingerprint density at radius 1 is 1.26 bits per heavy atom. The van der Waals surface area contributed by atoms with Gasteiger partial charge in [0.1, 0.15) is 11.4 Å². The number of pyridine rings is 1. The number of hydrogen-bond acceptors (Lipinski definition) is 7. The molecule has 1 fully saturated rings. The topological polar surface area (TPSA) is 101 Å². The van der Waals surface area contributed by atoms with Crippen LogP contribution in [0.25, 0.3) is 11.2 Å². The third-order valence-electron chi connectivity index (χ3n) is 6.61. The molecule has 1 saturated heterocycles. The fourth-order valence-electron chi connectivity index (χ4n) is 4.13. The Hall–Kier alpha value is -4.17. The van der Waals surface area contributed by atoms with Crippen molar-refractivity contribution in [3.63, 3.8) is 0 Å². The Bertz CT molecular complexity index is 1380. The first-order valence-electron chi connectivity index (χ1n) is 13.5. The fraction of sp³-hybridized carbons (Fsp3) is 0.323. The lowest BCUT2D eigenvalue weighted by atomic mass is 10.0. The van der Waals surface area contributed by atoms with Gasteiger partial charge in [0, 0.05) is 74.2 Å². The van der Waals surface area contributed by atoms with Crippen LogP contribution in [0.1, 0.15) is 43.5 Å². The molecule has 2 aromatic heterocycles. The van der Waals surface area contributed by atoms with E-state index in [1.54, 1.807) is 13.3 Å². The van der Waals surface area contributed by atoms with Crippen molar-refractivity contribution in [1.82, 2.24) is 20.0 Å². The van der Waals surface area contributed by atoms with Gasteiger partial charge in [0.15, 0.2) is 0 Å².